The lowest BCUT2D eigenvalue weighted by atomic mass is 9.99. The monoisotopic (exact) mass is 233 g/mol. The van der Waals surface area contributed by atoms with Gasteiger partial charge in [-0.2, -0.15) is 0 Å². The van der Waals surface area contributed by atoms with Gasteiger partial charge in [0.15, 0.2) is 0 Å². The van der Waals surface area contributed by atoms with Crippen molar-refractivity contribution in [1.82, 2.24) is 4.90 Å². The molecule has 0 saturated carbocycles. The topological polar surface area (TPSA) is 23.2 Å². The quantitative estimate of drug-likeness (QED) is 0.808. The van der Waals surface area contributed by atoms with Crippen LogP contribution in [0.4, 0.5) is 0 Å². The Morgan fingerprint density at radius 1 is 1.06 bits per heavy atom. The molecule has 0 aliphatic carbocycles. The highest BCUT2D eigenvalue weighted by Crippen LogP contribution is 2.47. The van der Waals surface area contributed by atoms with E-state index in [1.807, 2.05) is 6.07 Å². The molecule has 0 radical (unpaired) electrons. The average Bonchev–Trinajstić information content (AvgIpc) is 3.04. The predicted molar refractivity (Wildman–Crippen MR) is 70.8 cm³/mol. The van der Waals surface area contributed by atoms with Crippen molar-refractivity contribution in [1.29, 1.82) is 0 Å². The van der Waals surface area contributed by atoms with Gasteiger partial charge >= 0.3 is 0 Å². The Balaban J connectivity index is 2.18. The number of nitrogens with zero attached hydrogens (tertiary/aromatic N) is 1. The molecule has 2 nitrogen and oxygen atoms in total. The molecule has 2 heteroatoms. The largest absolute Gasteiger partial charge is 0.391 e. The van der Waals surface area contributed by atoms with Gasteiger partial charge in [-0.05, 0) is 25.3 Å². The molecule has 1 unspecified atom stereocenters. The van der Waals surface area contributed by atoms with Crippen LogP contribution >= 0.6 is 0 Å². The van der Waals surface area contributed by atoms with E-state index < -0.39 is 0 Å². The number of aliphatic hydroxyl groups is 1. The summed E-state index contributed by atoms with van der Waals surface area (Å²) in [6, 6.07) is 11.7. The summed E-state index contributed by atoms with van der Waals surface area (Å²) in [7, 11) is 0. The second-order valence-corrected chi connectivity index (χ2v) is 5.62. The van der Waals surface area contributed by atoms with E-state index in [0.717, 1.165) is 0 Å². The van der Waals surface area contributed by atoms with Gasteiger partial charge in [0.1, 0.15) is 0 Å². The van der Waals surface area contributed by atoms with Gasteiger partial charge in [-0.3, -0.25) is 4.90 Å². The lowest BCUT2D eigenvalue weighted by Crippen LogP contribution is -2.26. The second-order valence-electron chi connectivity index (χ2n) is 5.62. The van der Waals surface area contributed by atoms with Crippen molar-refractivity contribution in [3.05, 3.63) is 35.9 Å². The van der Waals surface area contributed by atoms with E-state index in [1.165, 1.54) is 5.56 Å². The SMILES string of the molecule is CC(C)[C@@H](O)[C@@H]1[C@H](c2ccccc2)N1C(C)C. The normalized spacial score (nSPS) is 29.7. The zero-order valence-electron chi connectivity index (χ0n) is 11.2. The highest BCUT2D eigenvalue weighted by molar-refractivity contribution is 5.28. The van der Waals surface area contributed by atoms with Crippen LogP contribution in [0.2, 0.25) is 0 Å². The summed E-state index contributed by atoms with van der Waals surface area (Å²) < 4.78 is 0. The lowest BCUT2D eigenvalue weighted by molar-refractivity contribution is 0.105. The summed E-state index contributed by atoms with van der Waals surface area (Å²) in [4.78, 5) is 2.40. The summed E-state index contributed by atoms with van der Waals surface area (Å²) >= 11 is 0. The van der Waals surface area contributed by atoms with Crippen LogP contribution in [0.25, 0.3) is 0 Å². The maximum atomic E-state index is 10.3. The molecule has 1 aliphatic heterocycles. The van der Waals surface area contributed by atoms with Crippen molar-refractivity contribution in [3.8, 4) is 0 Å². The average molecular weight is 233 g/mol. The summed E-state index contributed by atoms with van der Waals surface area (Å²) in [5.74, 6) is 0.315. The van der Waals surface area contributed by atoms with E-state index >= 15 is 0 Å². The Morgan fingerprint density at radius 2 is 1.65 bits per heavy atom. The molecule has 94 valence electrons. The van der Waals surface area contributed by atoms with E-state index in [4.69, 9.17) is 0 Å². The second kappa shape index (κ2) is 4.79. The minimum atomic E-state index is -0.234. The van der Waals surface area contributed by atoms with E-state index in [2.05, 4.69) is 56.9 Å². The van der Waals surface area contributed by atoms with Crippen LogP contribution in [0.15, 0.2) is 30.3 Å². The first-order valence-corrected chi connectivity index (χ1v) is 6.54. The third kappa shape index (κ3) is 2.38. The lowest BCUT2D eigenvalue weighted by Gasteiger charge is -2.15. The van der Waals surface area contributed by atoms with E-state index in [-0.39, 0.29) is 12.1 Å². The summed E-state index contributed by atoms with van der Waals surface area (Å²) in [5.41, 5.74) is 1.32. The zero-order valence-corrected chi connectivity index (χ0v) is 11.2. The first-order chi connectivity index (χ1) is 8.04. The first kappa shape index (κ1) is 12.6. The molecular formula is C15H23NO. The van der Waals surface area contributed by atoms with Crippen LogP contribution in [-0.4, -0.2) is 28.2 Å². The van der Waals surface area contributed by atoms with Gasteiger partial charge in [0, 0.05) is 6.04 Å². The molecule has 1 aliphatic rings. The first-order valence-electron chi connectivity index (χ1n) is 6.54. The molecular weight excluding hydrogens is 210 g/mol. The van der Waals surface area contributed by atoms with E-state index in [1.54, 1.807) is 0 Å². The minimum absolute atomic E-state index is 0.234. The molecule has 0 amide bonds. The number of aliphatic hydroxyl groups excluding tert-OH is 1. The Hall–Kier alpha value is -0.860. The third-order valence-electron chi connectivity index (χ3n) is 3.67. The van der Waals surface area contributed by atoms with Gasteiger partial charge in [0.05, 0.1) is 18.2 Å². The number of rotatable bonds is 4. The smallest absolute Gasteiger partial charge is 0.0737 e. The maximum Gasteiger partial charge on any atom is 0.0737 e. The van der Waals surface area contributed by atoms with E-state index in [0.29, 0.717) is 18.0 Å². The maximum absolute atomic E-state index is 10.3. The Bertz CT molecular complexity index is 360. The van der Waals surface area contributed by atoms with Crippen molar-refractivity contribution >= 4 is 0 Å². The van der Waals surface area contributed by atoms with Crippen LogP contribution < -0.4 is 0 Å². The standard InChI is InChI=1S/C15H23NO/c1-10(2)15(17)14-13(16(14)11(3)4)12-8-6-5-7-9-12/h5-11,13-15,17H,1-4H3/t13-,14-,15+,16?/m0/s1. The molecule has 1 saturated heterocycles. The van der Waals surface area contributed by atoms with Crippen LogP contribution in [0.5, 0.6) is 0 Å². The van der Waals surface area contributed by atoms with Crippen molar-refractivity contribution < 1.29 is 5.11 Å². The summed E-state index contributed by atoms with van der Waals surface area (Å²) in [5, 5.41) is 10.3. The number of benzene rings is 1. The molecule has 2 rings (SSSR count). The Morgan fingerprint density at radius 3 is 2.12 bits per heavy atom. The van der Waals surface area contributed by atoms with Gasteiger partial charge < -0.3 is 5.11 Å². The molecule has 0 bridgehead atoms. The van der Waals surface area contributed by atoms with Crippen molar-refractivity contribution in [3.63, 3.8) is 0 Å². The molecule has 0 spiro atoms. The van der Waals surface area contributed by atoms with Crippen LogP contribution in [0, 0.1) is 5.92 Å². The van der Waals surface area contributed by atoms with Gasteiger partial charge in [-0.25, -0.2) is 0 Å². The van der Waals surface area contributed by atoms with Crippen molar-refractivity contribution in [2.75, 3.05) is 0 Å². The van der Waals surface area contributed by atoms with Crippen molar-refractivity contribution in [2.45, 2.75) is 51.9 Å². The van der Waals surface area contributed by atoms with Gasteiger partial charge in [-0.15, -0.1) is 0 Å². The third-order valence-corrected chi connectivity index (χ3v) is 3.67. The molecule has 1 N–H and O–H groups in total. The van der Waals surface area contributed by atoms with Gasteiger partial charge in [0.2, 0.25) is 0 Å². The van der Waals surface area contributed by atoms with E-state index in [9.17, 15) is 5.11 Å². The molecule has 17 heavy (non-hydrogen) atoms. The van der Waals surface area contributed by atoms with Crippen LogP contribution in [0.3, 0.4) is 0 Å². The highest BCUT2D eigenvalue weighted by atomic mass is 16.3. The molecule has 4 atom stereocenters. The molecule has 1 fully saturated rings. The fourth-order valence-corrected chi connectivity index (χ4v) is 2.71. The molecule has 0 aromatic heterocycles. The minimum Gasteiger partial charge on any atom is -0.391 e. The van der Waals surface area contributed by atoms with Crippen LogP contribution in [0.1, 0.15) is 39.3 Å². The summed E-state index contributed by atoms with van der Waals surface area (Å²) in [6.07, 6.45) is -0.234. The van der Waals surface area contributed by atoms with Gasteiger partial charge in [0.25, 0.3) is 0 Å². The Kier molecular flexibility index (Phi) is 3.55. The highest BCUT2D eigenvalue weighted by Gasteiger charge is 2.53. The molecule has 1 heterocycles. The molecule has 1 aromatic rings. The fourth-order valence-electron chi connectivity index (χ4n) is 2.71. The van der Waals surface area contributed by atoms with Crippen molar-refractivity contribution in [2.24, 2.45) is 5.92 Å². The van der Waals surface area contributed by atoms with Gasteiger partial charge in [-0.1, -0.05) is 44.2 Å². The Labute approximate surface area is 104 Å². The number of hydrogen-bond donors (Lipinski definition) is 1. The predicted octanol–water partition coefficient (Wildman–Crippen LogP) is 2.84. The number of hydrogen-bond acceptors (Lipinski definition) is 2. The molecule has 1 aromatic carbocycles. The van der Waals surface area contributed by atoms with Crippen LogP contribution in [-0.2, 0) is 0 Å². The fraction of sp³-hybridized carbons (Fsp3) is 0.600. The summed E-state index contributed by atoms with van der Waals surface area (Å²) in [6.45, 7) is 8.57. The zero-order chi connectivity index (χ0) is 12.6.